The summed E-state index contributed by atoms with van der Waals surface area (Å²) in [6.45, 7) is 6.77. The Balaban J connectivity index is 2.76. The van der Waals surface area contributed by atoms with Crippen molar-refractivity contribution in [2.75, 3.05) is 11.9 Å². The first-order chi connectivity index (χ1) is 7.02. The number of pyridine rings is 1. The van der Waals surface area contributed by atoms with Crippen LogP contribution in [-0.4, -0.2) is 18.1 Å². The topological polar surface area (TPSA) is 16.1 Å². The van der Waals surface area contributed by atoms with E-state index >= 15 is 0 Å². The van der Waals surface area contributed by atoms with E-state index in [1.165, 1.54) is 12.1 Å². The van der Waals surface area contributed by atoms with Gasteiger partial charge in [0.1, 0.15) is 0 Å². The van der Waals surface area contributed by atoms with E-state index in [2.05, 4.69) is 53.6 Å². The predicted octanol–water partition coefficient (Wildman–Crippen LogP) is 3.71. The lowest BCUT2D eigenvalue weighted by Crippen LogP contribution is -2.30. The quantitative estimate of drug-likeness (QED) is 0.829. The molecule has 0 spiro atoms. The third-order valence-corrected chi connectivity index (χ3v) is 3.22. The van der Waals surface area contributed by atoms with Crippen LogP contribution >= 0.6 is 15.9 Å². The van der Waals surface area contributed by atoms with Crippen molar-refractivity contribution in [3.05, 3.63) is 22.9 Å². The fourth-order valence-corrected chi connectivity index (χ4v) is 2.26. The Labute approximate surface area is 101 Å². The van der Waals surface area contributed by atoms with Gasteiger partial charge in [-0.25, -0.2) is 0 Å². The third kappa shape index (κ3) is 3.49. The normalized spacial score (nSPS) is 12.9. The van der Waals surface area contributed by atoms with Crippen LogP contribution in [0.2, 0.25) is 0 Å². The molecule has 2 nitrogen and oxygen atoms in total. The third-order valence-electron chi connectivity index (χ3n) is 2.60. The Morgan fingerprint density at radius 3 is 2.60 bits per heavy atom. The highest BCUT2D eigenvalue weighted by Crippen LogP contribution is 2.26. The highest BCUT2D eigenvalue weighted by molar-refractivity contribution is 9.10. The maximum Gasteiger partial charge on any atom is 0.0592 e. The summed E-state index contributed by atoms with van der Waals surface area (Å²) in [5.41, 5.74) is 1.21. The molecular weight excluding hydrogens is 252 g/mol. The van der Waals surface area contributed by atoms with Crippen LogP contribution in [0.1, 0.15) is 27.2 Å². The molecule has 0 saturated heterocycles. The summed E-state index contributed by atoms with van der Waals surface area (Å²) < 4.78 is 1.06. The monoisotopic (exact) mass is 270 g/mol. The molecule has 0 fully saturated rings. The molecule has 0 saturated carbocycles. The second-order valence-corrected chi connectivity index (χ2v) is 5.27. The lowest BCUT2D eigenvalue weighted by atomic mass is 10.0. The van der Waals surface area contributed by atoms with E-state index in [-0.39, 0.29) is 0 Å². The van der Waals surface area contributed by atoms with Gasteiger partial charge in [0, 0.05) is 25.5 Å². The molecule has 1 aromatic rings. The van der Waals surface area contributed by atoms with Crippen LogP contribution in [0.3, 0.4) is 0 Å². The molecule has 0 amide bonds. The second kappa shape index (κ2) is 5.50. The lowest BCUT2D eigenvalue weighted by molar-refractivity contribution is 0.504. The van der Waals surface area contributed by atoms with E-state index < -0.39 is 0 Å². The zero-order valence-electron chi connectivity index (χ0n) is 9.87. The van der Waals surface area contributed by atoms with Gasteiger partial charge in [-0.15, -0.1) is 0 Å². The minimum Gasteiger partial charge on any atom is -0.371 e. The average molecular weight is 271 g/mol. The first-order valence-electron chi connectivity index (χ1n) is 5.34. The number of nitrogens with zero attached hydrogens (tertiary/aromatic N) is 2. The van der Waals surface area contributed by atoms with E-state index in [0.717, 1.165) is 10.4 Å². The van der Waals surface area contributed by atoms with E-state index in [9.17, 15) is 0 Å². The zero-order valence-corrected chi connectivity index (χ0v) is 11.5. The number of rotatable bonds is 4. The molecule has 0 aliphatic carbocycles. The molecule has 0 bridgehead atoms. The maximum absolute atomic E-state index is 4.07. The van der Waals surface area contributed by atoms with Crippen LogP contribution in [0.25, 0.3) is 0 Å². The summed E-state index contributed by atoms with van der Waals surface area (Å²) in [7, 11) is 2.13. The molecule has 1 unspecified atom stereocenters. The van der Waals surface area contributed by atoms with Crippen LogP contribution in [0.15, 0.2) is 22.9 Å². The standard InChI is InChI=1S/C12H19BrN2/c1-9(2)7-10(3)15(4)12-5-6-14-8-11(12)13/h5-6,8-10H,7H2,1-4H3. The summed E-state index contributed by atoms with van der Waals surface area (Å²) in [6, 6.07) is 2.59. The highest BCUT2D eigenvalue weighted by Gasteiger charge is 2.13. The van der Waals surface area contributed by atoms with Gasteiger partial charge in [0.25, 0.3) is 0 Å². The Kier molecular flexibility index (Phi) is 4.58. The summed E-state index contributed by atoms with van der Waals surface area (Å²) in [4.78, 5) is 6.37. The van der Waals surface area contributed by atoms with Gasteiger partial charge < -0.3 is 4.90 Å². The minimum atomic E-state index is 0.545. The van der Waals surface area contributed by atoms with Gasteiger partial charge in [-0.2, -0.15) is 0 Å². The van der Waals surface area contributed by atoms with Crippen molar-refractivity contribution in [1.29, 1.82) is 0 Å². The molecule has 15 heavy (non-hydrogen) atoms. The highest BCUT2D eigenvalue weighted by atomic mass is 79.9. The van der Waals surface area contributed by atoms with Crippen molar-refractivity contribution in [3.8, 4) is 0 Å². The van der Waals surface area contributed by atoms with Crippen molar-refractivity contribution in [3.63, 3.8) is 0 Å². The van der Waals surface area contributed by atoms with Crippen LogP contribution in [0, 0.1) is 5.92 Å². The maximum atomic E-state index is 4.07. The average Bonchev–Trinajstić information content (AvgIpc) is 2.16. The summed E-state index contributed by atoms with van der Waals surface area (Å²) >= 11 is 3.53. The molecule has 3 heteroatoms. The SMILES string of the molecule is CC(C)CC(C)N(C)c1ccncc1Br. The first-order valence-corrected chi connectivity index (χ1v) is 6.14. The van der Waals surface area contributed by atoms with E-state index in [1.807, 2.05) is 18.5 Å². The van der Waals surface area contributed by atoms with Crippen LogP contribution in [0.5, 0.6) is 0 Å². The van der Waals surface area contributed by atoms with Crippen molar-refractivity contribution in [2.45, 2.75) is 33.2 Å². The van der Waals surface area contributed by atoms with Gasteiger partial charge in [0.2, 0.25) is 0 Å². The molecule has 0 aromatic carbocycles. The van der Waals surface area contributed by atoms with Gasteiger partial charge in [-0.1, -0.05) is 13.8 Å². The molecule has 84 valence electrons. The van der Waals surface area contributed by atoms with Crippen molar-refractivity contribution in [2.24, 2.45) is 5.92 Å². The Morgan fingerprint density at radius 2 is 2.07 bits per heavy atom. The van der Waals surface area contributed by atoms with E-state index in [4.69, 9.17) is 0 Å². The Morgan fingerprint density at radius 1 is 1.40 bits per heavy atom. The van der Waals surface area contributed by atoms with Crippen LogP contribution in [-0.2, 0) is 0 Å². The Bertz CT molecular complexity index is 312. The van der Waals surface area contributed by atoms with E-state index in [1.54, 1.807) is 0 Å². The molecule has 0 N–H and O–H groups in total. The molecular formula is C12H19BrN2. The zero-order chi connectivity index (χ0) is 11.4. The number of aromatic nitrogens is 1. The number of halogens is 1. The number of anilines is 1. The van der Waals surface area contributed by atoms with E-state index in [0.29, 0.717) is 6.04 Å². The molecule has 1 atom stereocenters. The predicted molar refractivity (Wildman–Crippen MR) is 69.3 cm³/mol. The molecule has 1 rings (SSSR count). The van der Waals surface area contributed by atoms with Crippen LogP contribution < -0.4 is 4.90 Å². The Hall–Kier alpha value is -0.570. The van der Waals surface area contributed by atoms with Gasteiger partial charge in [-0.05, 0) is 41.3 Å². The van der Waals surface area contributed by atoms with Gasteiger partial charge in [0.05, 0.1) is 10.2 Å². The summed E-state index contributed by atoms with van der Waals surface area (Å²) in [5, 5.41) is 0. The van der Waals surface area contributed by atoms with Crippen molar-refractivity contribution >= 4 is 21.6 Å². The smallest absolute Gasteiger partial charge is 0.0592 e. The second-order valence-electron chi connectivity index (χ2n) is 4.42. The largest absolute Gasteiger partial charge is 0.371 e. The van der Waals surface area contributed by atoms with Gasteiger partial charge >= 0.3 is 0 Å². The van der Waals surface area contributed by atoms with Crippen molar-refractivity contribution < 1.29 is 0 Å². The summed E-state index contributed by atoms with van der Waals surface area (Å²) in [5.74, 6) is 0.725. The van der Waals surface area contributed by atoms with Gasteiger partial charge in [0.15, 0.2) is 0 Å². The molecule has 0 aliphatic rings. The fourth-order valence-electron chi connectivity index (χ4n) is 1.73. The van der Waals surface area contributed by atoms with Crippen LogP contribution in [0.4, 0.5) is 5.69 Å². The van der Waals surface area contributed by atoms with Crippen molar-refractivity contribution in [1.82, 2.24) is 4.98 Å². The fraction of sp³-hybridized carbons (Fsp3) is 0.583. The number of hydrogen-bond acceptors (Lipinski definition) is 2. The molecule has 1 aromatic heterocycles. The number of hydrogen-bond donors (Lipinski definition) is 0. The molecule has 1 heterocycles. The molecule has 0 aliphatic heterocycles. The molecule has 0 radical (unpaired) electrons. The first kappa shape index (κ1) is 12.5. The van der Waals surface area contributed by atoms with Gasteiger partial charge in [-0.3, -0.25) is 4.98 Å². The lowest BCUT2D eigenvalue weighted by Gasteiger charge is -2.29. The minimum absolute atomic E-state index is 0.545. The summed E-state index contributed by atoms with van der Waals surface area (Å²) in [6.07, 6.45) is 4.87.